The van der Waals surface area contributed by atoms with Crippen LogP contribution < -0.4 is 0 Å². The van der Waals surface area contributed by atoms with Crippen LogP contribution in [0.4, 0.5) is 0 Å². The maximum absolute atomic E-state index is 11.4. The molecule has 0 saturated heterocycles. The monoisotopic (exact) mass is 286 g/mol. The van der Waals surface area contributed by atoms with Gasteiger partial charge in [0.1, 0.15) is 4.90 Å². The van der Waals surface area contributed by atoms with Crippen molar-refractivity contribution < 1.29 is 17.8 Å². The van der Waals surface area contributed by atoms with Crippen LogP contribution in [0.2, 0.25) is 0 Å². The van der Waals surface area contributed by atoms with Crippen LogP contribution in [0.25, 0.3) is 16.7 Å². The molecule has 5 nitrogen and oxygen atoms in total. The molecule has 0 spiro atoms. The summed E-state index contributed by atoms with van der Waals surface area (Å²) in [5.74, 6) is 0. The molecule has 0 saturated carbocycles. The van der Waals surface area contributed by atoms with Gasteiger partial charge in [-0.15, -0.1) is 0 Å². The second kappa shape index (κ2) is 4.38. The van der Waals surface area contributed by atoms with Crippen molar-refractivity contribution >= 4 is 16.3 Å². The Hall–Kier alpha value is -2.27. The second-order valence-corrected chi connectivity index (χ2v) is 5.95. The van der Waals surface area contributed by atoms with E-state index in [4.69, 9.17) is 5.53 Å². The van der Waals surface area contributed by atoms with E-state index in [-0.39, 0.29) is 10.5 Å². The molecule has 1 aliphatic carbocycles. The normalized spacial score (nSPS) is 12.4. The third-order valence-corrected chi connectivity index (χ3v) is 4.37. The van der Waals surface area contributed by atoms with Gasteiger partial charge in [0.2, 0.25) is 0 Å². The summed E-state index contributed by atoms with van der Waals surface area (Å²) in [5, 5.41) is 0. The topological polar surface area (TPSA) is 90.8 Å². The Bertz CT molecular complexity index is 866. The molecular formula is C14H10N2O3S. The van der Waals surface area contributed by atoms with Crippen LogP contribution in [-0.4, -0.2) is 24.0 Å². The average molecular weight is 286 g/mol. The number of rotatable bonds is 2. The lowest BCUT2D eigenvalue weighted by Crippen LogP contribution is -2.06. The van der Waals surface area contributed by atoms with Gasteiger partial charge in [0.05, 0.1) is 5.56 Å². The van der Waals surface area contributed by atoms with Gasteiger partial charge in [-0.2, -0.15) is 13.2 Å². The molecule has 0 fully saturated rings. The summed E-state index contributed by atoms with van der Waals surface area (Å²) in [6.07, 6.45) is 1.59. The van der Waals surface area contributed by atoms with Crippen LogP contribution >= 0.6 is 0 Å². The Kier molecular flexibility index (Phi) is 2.79. The molecule has 0 unspecified atom stereocenters. The van der Waals surface area contributed by atoms with Crippen molar-refractivity contribution in [3.8, 4) is 11.1 Å². The van der Waals surface area contributed by atoms with E-state index >= 15 is 0 Å². The lowest BCUT2D eigenvalue weighted by molar-refractivity contribution is 0.00431. The van der Waals surface area contributed by atoms with Crippen molar-refractivity contribution in [3.63, 3.8) is 0 Å². The van der Waals surface area contributed by atoms with E-state index in [1.54, 1.807) is 6.07 Å². The highest BCUT2D eigenvalue weighted by atomic mass is 32.2. The van der Waals surface area contributed by atoms with Gasteiger partial charge in [0.25, 0.3) is 16.3 Å². The Morgan fingerprint density at radius 3 is 2.60 bits per heavy atom. The van der Waals surface area contributed by atoms with Gasteiger partial charge in [-0.3, -0.25) is 4.55 Å². The van der Waals surface area contributed by atoms with Crippen molar-refractivity contribution in [1.82, 2.24) is 0 Å². The predicted molar refractivity (Wildman–Crippen MR) is 73.3 cm³/mol. The minimum atomic E-state index is -4.37. The van der Waals surface area contributed by atoms with Crippen LogP contribution in [0.5, 0.6) is 0 Å². The highest BCUT2D eigenvalue weighted by Crippen LogP contribution is 2.39. The molecule has 20 heavy (non-hydrogen) atoms. The number of fused-ring (bicyclic) bond motifs is 3. The van der Waals surface area contributed by atoms with Gasteiger partial charge < -0.3 is 5.53 Å². The van der Waals surface area contributed by atoms with Crippen molar-refractivity contribution in [2.45, 2.75) is 11.3 Å². The first kappa shape index (κ1) is 12.7. The standard InChI is InChI=1S/C14H10N2O3S/c15-16-8-13-12-7-9-3-1-2-4-10(9)11(12)5-6-14(13)20(17,18)19/h1-6,8H,7H2,(H,17,18,19). The summed E-state index contributed by atoms with van der Waals surface area (Å²) in [6.45, 7) is 0. The summed E-state index contributed by atoms with van der Waals surface area (Å²) >= 11 is 0. The number of hydrogen-bond acceptors (Lipinski definition) is 2. The highest BCUT2D eigenvalue weighted by Gasteiger charge is 2.27. The Morgan fingerprint density at radius 1 is 1.15 bits per heavy atom. The van der Waals surface area contributed by atoms with Gasteiger partial charge in [-0.25, -0.2) is 0 Å². The summed E-state index contributed by atoms with van der Waals surface area (Å²) in [5.41, 5.74) is 12.7. The molecule has 0 atom stereocenters. The summed E-state index contributed by atoms with van der Waals surface area (Å²) in [6, 6.07) is 10.7. The van der Waals surface area contributed by atoms with E-state index in [1.807, 2.05) is 24.3 Å². The zero-order valence-corrected chi connectivity index (χ0v) is 11.1. The SMILES string of the molecule is [N-]=[N+]=Cc1c(S(=O)(=O)O)ccc2c1Cc1ccccc1-2. The molecule has 3 rings (SSSR count). The van der Waals surface area contributed by atoms with E-state index in [1.165, 1.54) is 6.07 Å². The van der Waals surface area contributed by atoms with E-state index in [9.17, 15) is 13.0 Å². The fourth-order valence-corrected chi connectivity index (χ4v) is 3.33. The first-order valence-corrected chi connectivity index (χ1v) is 7.35. The van der Waals surface area contributed by atoms with E-state index in [0.29, 0.717) is 6.42 Å². The van der Waals surface area contributed by atoms with Gasteiger partial charge >= 0.3 is 0 Å². The zero-order chi connectivity index (χ0) is 14.3. The third-order valence-electron chi connectivity index (χ3n) is 3.46. The van der Waals surface area contributed by atoms with Crippen molar-refractivity contribution in [2.75, 3.05) is 0 Å². The summed E-state index contributed by atoms with van der Waals surface area (Å²) in [7, 11) is -4.37. The molecule has 0 bridgehead atoms. The van der Waals surface area contributed by atoms with E-state index < -0.39 is 10.1 Å². The first-order valence-electron chi connectivity index (χ1n) is 5.91. The van der Waals surface area contributed by atoms with Crippen LogP contribution in [-0.2, 0) is 16.5 Å². The molecule has 6 heteroatoms. The average Bonchev–Trinajstić information content (AvgIpc) is 2.77. The second-order valence-electron chi connectivity index (χ2n) is 4.56. The lowest BCUT2D eigenvalue weighted by Gasteiger charge is -2.06. The third kappa shape index (κ3) is 1.87. The maximum atomic E-state index is 11.4. The first-order chi connectivity index (χ1) is 9.52. The molecule has 0 aromatic heterocycles. The largest absolute Gasteiger partial charge is 0.361 e. The number of benzene rings is 2. The fourth-order valence-electron chi connectivity index (χ4n) is 2.64. The van der Waals surface area contributed by atoms with Crippen LogP contribution in [0.1, 0.15) is 16.7 Å². The van der Waals surface area contributed by atoms with Crippen molar-refractivity contribution in [3.05, 3.63) is 58.6 Å². The Morgan fingerprint density at radius 2 is 1.90 bits per heavy atom. The Labute approximate surface area is 115 Å². The minimum absolute atomic E-state index is 0.226. The number of nitrogens with zero attached hydrogens (tertiary/aromatic N) is 2. The van der Waals surface area contributed by atoms with E-state index in [0.717, 1.165) is 28.5 Å². The van der Waals surface area contributed by atoms with Gasteiger partial charge in [0.15, 0.2) is 0 Å². The molecule has 0 heterocycles. The predicted octanol–water partition coefficient (Wildman–Crippen LogP) is 2.15. The molecule has 2 aromatic rings. The molecular weight excluding hydrogens is 276 g/mol. The smallest absolute Gasteiger partial charge is 0.295 e. The van der Waals surface area contributed by atoms with Crippen LogP contribution in [0, 0.1) is 0 Å². The molecule has 1 N–H and O–H groups in total. The molecule has 2 aromatic carbocycles. The lowest BCUT2D eigenvalue weighted by atomic mass is 10.0. The highest BCUT2D eigenvalue weighted by molar-refractivity contribution is 7.86. The molecule has 0 aliphatic heterocycles. The summed E-state index contributed by atoms with van der Waals surface area (Å²) < 4.78 is 32.1. The van der Waals surface area contributed by atoms with Crippen molar-refractivity contribution in [2.24, 2.45) is 0 Å². The fraction of sp³-hybridized carbons (Fsp3) is 0.0714. The molecule has 100 valence electrons. The summed E-state index contributed by atoms with van der Waals surface area (Å²) in [4.78, 5) is 2.67. The maximum Gasteiger partial charge on any atom is 0.295 e. The van der Waals surface area contributed by atoms with Gasteiger partial charge in [-0.1, -0.05) is 30.3 Å². The molecule has 1 aliphatic rings. The van der Waals surface area contributed by atoms with Crippen molar-refractivity contribution in [1.29, 1.82) is 0 Å². The molecule has 0 radical (unpaired) electrons. The zero-order valence-electron chi connectivity index (χ0n) is 10.3. The van der Waals surface area contributed by atoms with Gasteiger partial charge in [-0.05, 0) is 34.7 Å². The minimum Gasteiger partial charge on any atom is -0.361 e. The molecule has 0 amide bonds. The van der Waals surface area contributed by atoms with E-state index in [2.05, 4.69) is 4.79 Å². The van der Waals surface area contributed by atoms with Gasteiger partial charge in [0, 0.05) is 0 Å². The number of hydrogen-bond donors (Lipinski definition) is 1. The van der Waals surface area contributed by atoms with Crippen LogP contribution in [0.15, 0.2) is 41.3 Å². The quantitative estimate of drug-likeness (QED) is 0.338. The van der Waals surface area contributed by atoms with Crippen LogP contribution in [0.3, 0.4) is 0 Å². The Balaban J connectivity index is 2.35.